The van der Waals surface area contributed by atoms with Crippen molar-refractivity contribution in [2.45, 2.75) is 50.9 Å². The Bertz CT molecular complexity index is 444. The molecular weight excluding hydrogens is 334 g/mol. The third-order valence-electron chi connectivity index (χ3n) is 4.33. The Kier molecular flexibility index (Phi) is 6.22. The third-order valence-corrected chi connectivity index (χ3v) is 4.94. The summed E-state index contributed by atoms with van der Waals surface area (Å²) in [5.41, 5.74) is 0.690. The molecule has 1 aliphatic rings. The van der Waals surface area contributed by atoms with Crippen LogP contribution in [0.5, 0.6) is 0 Å². The number of likely N-dealkylation sites (N-methyl/N-ethyl adjacent to an activating group) is 1. The predicted octanol–water partition coefficient (Wildman–Crippen LogP) is 2.18. The van der Waals surface area contributed by atoms with Gasteiger partial charge in [-0.25, -0.2) is 0 Å². The van der Waals surface area contributed by atoms with Crippen LogP contribution in [0.15, 0.2) is 10.7 Å². The highest BCUT2D eigenvalue weighted by molar-refractivity contribution is 9.10. The zero-order chi connectivity index (χ0) is 15.4. The van der Waals surface area contributed by atoms with E-state index in [1.165, 1.54) is 6.42 Å². The molecule has 21 heavy (non-hydrogen) atoms. The van der Waals surface area contributed by atoms with E-state index in [1.807, 2.05) is 14.1 Å². The quantitative estimate of drug-likeness (QED) is 0.817. The Hall–Kier alpha value is -0.430. The molecule has 1 aromatic rings. The zero-order valence-electron chi connectivity index (χ0n) is 12.9. The lowest BCUT2D eigenvalue weighted by Crippen LogP contribution is -2.31. The van der Waals surface area contributed by atoms with Crippen LogP contribution in [0.2, 0.25) is 0 Å². The van der Waals surface area contributed by atoms with Crippen molar-refractivity contribution in [1.82, 2.24) is 14.7 Å². The summed E-state index contributed by atoms with van der Waals surface area (Å²) in [4.78, 5) is 2.07. The molecular formula is C15H26BrN3O2. The van der Waals surface area contributed by atoms with Gasteiger partial charge in [-0.15, -0.1) is 0 Å². The van der Waals surface area contributed by atoms with Crippen LogP contribution in [0.25, 0.3) is 0 Å². The van der Waals surface area contributed by atoms with Gasteiger partial charge in [-0.3, -0.25) is 4.68 Å². The fourth-order valence-corrected chi connectivity index (χ4v) is 3.56. The molecule has 0 aliphatic heterocycles. The Labute approximate surface area is 135 Å². The van der Waals surface area contributed by atoms with Crippen molar-refractivity contribution in [1.29, 1.82) is 0 Å². The molecule has 2 unspecified atom stereocenters. The largest absolute Gasteiger partial charge is 0.390 e. The summed E-state index contributed by atoms with van der Waals surface area (Å²) in [6.07, 6.45) is 5.64. The van der Waals surface area contributed by atoms with E-state index in [-0.39, 0.29) is 5.92 Å². The van der Waals surface area contributed by atoms with Crippen LogP contribution in [-0.4, -0.2) is 51.6 Å². The first-order chi connectivity index (χ1) is 10.0. The van der Waals surface area contributed by atoms with Crippen molar-refractivity contribution in [3.05, 3.63) is 16.4 Å². The van der Waals surface area contributed by atoms with Crippen molar-refractivity contribution < 1.29 is 10.2 Å². The van der Waals surface area contributed by atoms with Crippen molar-refractivity contribution in [2.75, 3.05) is 20.6 Å². The first-order valence-corrected chi connectivity index (χ1v) is 8.52. The molecule has 0 bridgehead atoms. The number of nitrogens with zero attached hydrogens (tertiary/aromatic N) is 3. The maximum atomic E-state index is 10.6. The highest BCUT2D eigenvalue weighted by atomic mass is 79.9. The fraction of sp³-hybridized carbons (Fsp3) is 0.800. The molecule has 2 rings (SSSR count). The second-order valence-corrected chi connectivity index (χ2v) is 7.09. The van der Waals surface area contributed by atoms with E-state index in [9.17, 15) is 10.2 Å². The topological polar surface area (TPSA) is 61.5 Å². The summed E-state index contributed by atoms with van der Waals surface area (Å²) in [5, 5.41) is 25.4. The molecule has 5 nitrogen and oxygen atoms in total. The van der Waals surface area contributed by atoms with Crippen molar-refractivity contribution in [3.63, 3.8) is 0 Å². The number of aliphatic hydroxyl groups is 2. The molecule has 1 fully saturated rings. The van der Waals surface area contributed by atoms with Gasteiger partial charge in [-0.2, -0.15) is 5.10 Å². The second kappa shape index (κ2) is 7.72. The number of aromatic nitrogens is 2. The molecule has 0 radical (unpaired) electrons. The van der Waals surface area contributed by atoms with E-state index in [0.29, 0.717) is 12.2 Å². The summed E-state index contributed by atoms with van der Waals surface area (Å²) in [7, 11) is 4.01. The first-order valence-electron chi connectivity index (χ1n) is 7.72. The van der Waals surface area contributed by atoms with Crippen LogP contribution in [-0.2, 0) is 6.54 Å². The van der Waals surface area contributed by atoms with Crippen molar-refractivity contribution in [2.24, 2.45) is 5.92 Å². The summed E-state index contributed by atoms with van der Waals surface area (Å²) in [6, 6.07) is 0. The van der Waals surface area contributed by atoms with Crippen LogP contribution >= 0.6 is 15.9 Å². The van der Waals surface area contributed by atoms with E-state index in [4.69, 9.17) is 0 Å². The summed E-state index contributed by atoms with van der Waals surface area (Å²) >= 11 is 3.45. The molecule has 120 valence electrons. The normalized spacial score (nSPS) is 19.9. The summed E-state index contributed by atoms with van der Waals surface area (Å²) in [6.45, 7) is 1.54. The lowest BCUT2D eigenvalue weighted by molar-refractivity contribution is -0.0330. The number of halogens is 1. The smallest absolute Gasteiger partial charge is 0.123 e. The maximum absolute atomic E-state index is 10.6. The molecule has 0 spiro atoms. The number of aliphatic hydroxyl groups excluding tert-OH is 2. The van der Waals surface area contributed by atoms with Gasteiger partial charge in [0.1, 0.15) is 6.10 Å². The van der Waals surface area contributed by atoms with E-state index in [2.05, 4.69) is 25.9 Å². The Morgan fingerprint density at radius 3 is 2.62 bits per heavy atom. The molecule has 0 amide bonds. The molecule has 1 aliphatic carbocycles. The van der Waals surface area contributed by atoms with Gasteiger partial charge in [0.2, 0.25) is 0 Å². The first kappa shape index (κ1) is 16.9. The summed E-state index contributed by atoms with van der Waals surface area (Å²) in [5.74, 6) is 0.192. The monoisotopic (exact) mass is 359 g/mol. The minimum absolute atomic E-state index is 0.192. The second-order valence-electron chi connectivity index (χ2n) is 6.24. The van der Waals surface area contributed by atoms with Gasteiger partial charge < -0.3 is 15.1 Å². The molecule has 6 heteroatoms. The fourth-order valence-electron chi connectivity index (χ4n) is 3.03. The molecule has 1 heterocycles. The molecule has 0 aromatic carbocycles. The average molecular weight is 360 g/mol. The van der Waals surface area contributed by atoms with Crippen molar-refractivity contribution in [3.8, 4) is 0 Å². The van der Waals surface area contributed by atoms with Crippen molar-refractivity contribution >= 4 is 15.9 Å². The number of hydrogen-bond acceptors (Lipinski definition) is 4. The van der Waals surface area contributed by atoms with Gasteiger partial charge in [-0.05, 0) is 48.8 Å². The number of hydrogen-bond donors (Lipinski definition) is 2. The Morgan fingerprint density at radius 1 is 1.33 bits per heavy atom. The van der Waals surface area contributed by atoms with Crippen LogP contribution in [0.1, 0.15) is 43.9 Å². The van der Waals surface area contributed by atoms with Crippen LogP contribution in [0.4, 0.5) is 0 Å². The van der Waals surface area contributed by atoms with Crippen LogP contribution < -0.4 is 0 Å². The highest BCUT2D eigenvalue weighted by Crippen LogP contribution is 2.34. The lowest BCUT2D eigenvalue weighted by Gasteiger charge is -2.30. The van der Waals surface area contributed by atoms with E-state index in [1.54, 1.807) is 10.9 Å². The number of rotatable bonds is 6. The molecule has 2 atom stereocenters. The molecule has 1 aromatic heterocycles. The lowest BCUT2D eigenvalue weighted by atomic mass is 9.83. The minimum atomic E-state index is -0.882. The molecule has 2 N–H and O–H groups in total. The van der Waals surface area contributed by atoms with Crippen LogP contribution in [0, 0.1) is 5.92 Å². The van der Waals surface area contributed by atoms with Gasteiger partial charge in [-0.1, -0.05) is 19.3 Å². The summed E-state index contributed by atoms with van der Waals surface area (Å²) < 4.78 is 2.56. The molecule has 0 saturated heterocycles. The van der Waals surface area contributed by atoms with Gasteiger partial charge in [0, 0.05) is 6.54 Å². The standard InChI is InChI=1S/C15H26BrN3O2/c1-18(2)8-9-19-13(12(16)10-17-19)15(21)14(20)11-6-4-3-5-7-11/h10-11,14-15,20-21H,3-9H2,1-2H3. The molecule has 1 saturated carbocycles. The van der Waals surface area contributed by atoms with E-state index < -0.39 is 12.2 Å². The van der Waals surface area contributed by atoms with Gasteiger partial charge >= 0.3 is 0 Å². The highest BCUT2D eigenvalue weighted by Gasteiger charge is 2.31. The van der Waals surface area contributed by atoms with Gasteiger partial charge in [0.05, 0.1) is 29.0 Å². The van der Waals surface area contributed by atoms with Gasteiger partial charge in [0.25, 0.3) is 0 Å². The Morgan fingerprint density at radius 2 is 2.00 bits per heavy atom. The van der Waals surface area contributed by atoms with E-state index in [0.717, 1.165) is 36.7 Å². The van der Waals surface area contributed by atoms with Gasteiger partial charge in [0.15, 0.2) is 0 Å². The maximum Gasteiger partial charge on any atom is 0.123 e. The minimum Gasteiger partial charge on any atom is -0.390 e. The van der Waals surface area contributed by atoms with E-state index >= 15 is 0 Å². The average Bonchev–Trinajstić information content (AvgIpc) is 2.85. The Balaban J connectivity index is 2.09. The predicted molar refractivity (Wildman–Crippen MR) is 86.0 cm³/mol. The SMILES string of the molecule is CN(C)CCn1ncc(Br)c1C(O)C(O)C1CCCCC1. The third kappa shape index (κ3) is 4.28. The van der Waals surface area contributed by atoms with Crippen LogP contribution in [0.3, 0.4) is 0 Å². The zero-order valence-corrected chi connectivity index (χ0v) is 14.5.